The van der Waals surface area contributed by atoms with Gasteiger partial charge in [-0.3, -0.25) is 4.79 Å². The number of nitrogens with zero attached hydrogens (tertiary/aromatic N) is 4. The van der Waals surface area contributed by atoms with Crippen LogP contribution in [-0.4, -0.2) is 39.9 Å². The summed E-state index contributed by atoms with van der Waals surface area (Å²) in [6.45, 7) is 2.31. The lowest BCUT2D eigenvalue weighted by Crippen LogP contribution is -2.43. The van der Waals surface area contributed by atoms with Gasteiger partial charge in [0.2, 0.25) is 5.91 Å². The second kappa shape index (κ2) is 7.83. The van der Waals surface area contributed by atoms with Crippen molar-refractivity contribution in [3.8, 4) is 0 Å². The van der Waals surface area contributed by atoms with Crippen LogP contribution >= 0.6 is 11.3 Å². The van der Waals surface area contributed by atoms with Gasteiger partial charge in [-0.25, -0.2) is 9.97 Å². The number of imidazole rings is 1. The number of nitrogens with one attached hydrogen (secondary N) is 1. The molecule has 1 aromatic carbocycles. The molecule has 148 valence electrons. The van der Waals surface area contributed by atoms with Crippen LogP contribution in [0.5, 0.6) is 0 Å². The fourth-order valence-electron chi connectivity index (χ4n) is 3.93. The predicted octanol–water partition coefficient (Wildman–Crippen LogP) is 3.52. The predicted molar refractivity (Wildman–Crippen MR) is 116 cm³/mol. The standard InChI is InChI=1S/C22H23N5OS/c28-21(23-11-10-17-15-26-12-4-3-9-20(26)24-17)16-6-5-13-27(14-16)22-25-18-7-1-2-8-19(18)29-22/h1-4,7-9,12,15-16H,5-6,10-11,13-14H2,(H,23,28)/t16-/m0/s1. The Morgan fingerprint density at radius 2 is 2.07 bits per heavy atom. The number of benzene rings is 1. The monoisotopic (exact) mass is 405 g/mol. The Bertz CT molecular complexity index is 1080. The third kappa shape index (κ3) is 3.82. The quantitative estimate of drug-likeness (QED) is 0.552. The largest absolute Gasteiger partial charge is 0.355 e. The van der Waals surface area contributed by atoms with Crippen molar-refractivity contribution in [2.24, 2.45) is 5.92 Å². The number of piperidine rings is 1. The Hall–Kier alpha value is -2.93. The third-order valence-electron chi connectivity index (χ3n) is 5.44. The zero-order valence-corrected chi connectivity index (χ0v) is 16.9. The molecule has 7 heteroatoms. The van der Waals surface area contributed by atoms with E-state index in [0.29, 0.717) is 6.54 Å². The average Bonchev–Trinajstić information content (AvgIpc) is 3.37. The van der Waals surface area contributed by atoms with Crippen molar-refractivity contribution in [2.45, 2.75) is 19.3 Å². The molecular weight excluding hydrogens is 382 g/mol. The van der Waals surface area contributed by atoms with Crippen LogP contribution < -0.4 is 10.2 Å². The summed E-state index contributed by atoms with van der Waals surface area (Å²) in [5.41, 5.74) is 2.97. The second-order valence-corrected chi connectivity index (χ2v) is 8.50. The first-order chi connectivity index (χ1) is 14.3. The van der Waals surface area contributed by atoms with E-state index in [0.717, 1.165) is 54.3 Å². The molecule has 0 radical (unpaired) electrons. The summed E-state index contributed by atoms with van der Waals surface area (Å²) in [6, 6.07) is 14.2. The molecule has 1 aliphatic rings. The summed E-state index contributed by atoms with van der Waals surface area (Å²) < 4.78 is 3.20. The second-order valence-electron chi connectivity index (χ2n) is 7.49. The molecule has 29 heavy (non-hydrogen) atoms. The number of carbonyl (C=O) groups excluding carboxylic acids is 1. The Morgan fingerprint density at radius 1 is 1.17 bits per heavy atom. The van der Waals surface area contributed by atoms with Crippen LogP contribution in [0.4, 0.5) is 5.13 Å². The minimum absolute atomic E-state index is 0.0110. The van der Waals surface area contributed by atoms with Gasteiger partial charge in [0.1, 0.15) is 5.65 Å². The molecular formula is C22H23N5OS. The number of fused-ring (bicyclic) bond motifs is 2. The van der Waals surface area contributed by atoms with Crippen LogP contribution in [0.25, 0.3) is 15.9 Å². The highest BCUT2D eigenvalue weighted by atomic mass is 32.1. The SMILES string of the molecule is O=C(NCCc1cn2ccccc2n1)[C@H]1CCCN(c2nc3ccccc3s2)C1. The molecule has 1 fully saturated rings. The van der Waals surface area contributed by atoms with Crippen molar-refractivity contribution < 1.29 is 4.79 Å². The zero-order valence-electron chi connectivity index (χ0n) is 16.1. The summed E-state index contributed by atoms with van der Waals surface area (Å²) in [4.78, 5) is 24.3. The van der Waals surface area contributed by atoms with Crippen molar-refractivity contribution >= 4 is 38.2 Å². The molecule has 6 nitrogen and oxygen atoms in total. The highest BCUT2D eigenvalue weighted by Crippen LogP contribution is 2.31. The Balaban J connectivity index is 1.18. The van der Waals surface area contributed by atoms with Gasteiger partial charge < -0.3 is 14.6 Å². The number of carbonyl (C=O) groups is 1. The van der Waals surface area contributed by atoms with Crippen molar-refractivity contribution in [3.05, 3.63) is 60.6 Å². The topological polar surface area (TPSA) is 62.5 Å². The van der Waals surface area contributed by atoms with Gasteiger partial charge in [-0.2, -0.15) is 0 Å². The lowest BCUT2D eigenvalue weighted by atomic mass is 9.97. The highest BCUT2D eigenvalue weighted by Gasteiger charge is 2.27. The van der Waals surface area contributed by atoms with E-state index in [4.69, 9.17) is 4.98 Å². The van der Waals surface area contributed by atoms with Crippen molar-refractivity contribution in [1.29, 1.82) is 0 Å². The van der Waals surface area contributed by atoms with E-state index < -0.39 is 0 Å². The summed E-state index contributed by atoms with van der Waals surface area (Å²) in [7, 11) is 0. The van der Waals surface area contributed by atoms with Gasteiger partial charge in [0.25, 0.3) is 0 Å². The average molecular weight is 406 g/mol. The summed E-state index contributed by atoms with van der Waals surface area (Å²) in [6.07, 6.45) is 6.70. The van der Waals surface area contributed by atoms with E-state index in [2.05, 4.69) is 21.3 Å². The number of thiazole rings is 1. The van der Waals surface area contributed by atoms with Gasteiger partial charge >= 0.3 is 0 Å². The Kier molecular flexibility index (Phi) is 4.89. The first-order valence-electron chi connectivity index (χ1n) is 10.1. The summed E-state index contributed by atoms with van der Waals surface area (Å²) in [5, 5.41) is 4.13. The minimum atomic E-state index is 0.0110. The first-order valence-corrected chi connectivity index (χ1v) is 10.9. The van der Waals surface area contributed by atoms with Crippen LogP contribution in [0.2, 0.25) is 0 Å². The molecule has 1 amide bonds. The van der Waals surface area contributed by atoms with Crippen LogP contribution in [0.15, 0.2) is 54.9 Å². The summed E-state index contributed by atoms with van der Waals surface area (Å²) in [5.74, 6) is 0.149. The van der Waals surface area contributed by atoms with E-state index in [-0.39, 0.29) is 11.8 Å². The van der Waals surface area contributed by atoms with Gasteiger partial charge in [0, 0.05) is 38.4 Å². The number of pyridine rings is 1. The summed E-state index contributed by atoms with van der Waals surface area (Å²) >= 11 is 1.71. The van der Waals surface area contributed by atoms with Crippen LogP contribution in [0.1, 0.15) is 18.5 Å². The van der Waals surface area contributed by atoms with Gasteiger partial charge in [-0.05, 0) is 37.1 Å². The number of hydrogen-bond acceptors (Lipinski definition) is 5. The maximum Gasteiger partial charge on any atom is 0.224 e. The van der Waals surface area contributed by atoms with Gasteiger partial charge in [-0.1, -0.05) is 29.5 Å². The minimum Gasteiger partial charge on any atom is -0.355 e. The van der Waals surface area contributed by atoms with Crippen LogP contribution in [0.3, 0.4) is 0 Å². The molecule has 0 saturated carbocycles. The molecule has 0 spiro atoms. The molecule has 1 atom stereocenters. The van der Waals surface area contributed by atoms with Crippen molar-refractivity contribution in [2.75, 3.05) is 24.5 Å². The number of amides is 1. The molecule has 0 unspecified atom stereocenters. The van der Waals surface area contributed by atoms with Crippen LogP contribution in [-0.2, 0) is 11.2 Å². The van der Waals surface area contributed by atoms with E-state index in [1.165, 1.54) is 4.70 Å². The van der Waals surface area contributed by atoms with E-state index in [9.17, 15) is 4.79 Å². The number of anilines is 1. The molecule has 4 aromatic rings. The Labute approximate surface area is 173 Å². The lowest BCUT2D eigenvalue weighted by Gasteiger charge is -2.31. The van der Waals surface area contributed by atoms with E-state index in [1.807, 2.05) is 53.2 Å². The first kappa shape index (κ1) is 18.1. The number of hydrogen-bond donors (Lipinski definition) is 1. The molecule has 0 bridgehead atoms. The number of aromatic nitrogens is 3. The Morgan fingerprint density at radius 3 is 2.97 bits per heavy atom. The van der Waals surface area contributed by atoms with Gasteiger partial charge in [0.05, 0.1) is 21.8 Å². The molecule has 3 aromatic heterocycles. The molecule has 1 aliphatic heterocycles. The normalized spacial score (nSPS) is 17.1. The maximum absolute atomic E-state index is 12.7. The maximum atomic E-state index is 12.7. The smallest absolute Gasteiger partial charge is 0.224 e. The highest BCUT2D eigenvalue weighted by molar-refractivity contribution is 7.22. The van der Waals surface area contributed by atoms with Gasteiger partial charge in [0.15, 0.2) is 5.13 Å². The number of para-hydroxylation sites is 1. The zero-order chi connectivity index (χ0) is 19.6. The fraction of sp³-hybridized carbons (Fsp3) is 0.318. The molecule has 4 heterocycles. The fourth-order valence-corrected chi connectivity index (χ4v) is 4.93. The van der Waals surface area contributed by atoms with Gasteiger partial charge in [-0.15, -0.1) is 0 Å². The van der Waals surface area contributed by atoms with Crippen molar-refractivity contribution in [3.63, 3.8) is 0 Å². The van der Waals surface area contributed by atoms with E-state index in [1.54, 1.807) is 11.3 Å². The molecule has 1 saturated heterocycles. The number of rotatable bonds is 5. The molecule has 1 N–H and O–H groups in total. The lowest BCUT2D eigenvalue weighted by molar-refractivity contribution is -0.125. The van der Waals surface area contributed by atoms with Crippen molar-refractivity contribution in [1.82, 2.24) is 19.7 Å². The van der Waals surface area contributed by atoms with E-state index >= 15 is 0 Å². The van der Waals surface area contributed by atoms with Crippen LogP contribution in [0, 0.1) is 5.92 Å². The third-order valence-corrected chi connectivity index (χ3v) is 6.54. The molecule has 5 rings (SSSR count). The molecule has 0 aliphatic carbocycles.